The van der Waals surface area contributed by atoms with E-state index in [9.17, 15) is 0 Å². The summed E-state index contributed by atoms with van der Waals surface area (Å²) in [5.74, 6) is 0.791. The third-order valence-electron chi connectivity index (χ3n) is 2.91. The van der Waals surface area contributed by atoms with Gasteiger partial charge in [0.1, 0.15) is 0 Å². The van der Waals surface area contributed by atoms with Gasteiger partial charge in [-0.2, -0.15) is 5.10 Å². The molecule has 0 bridgehead atoms. The van der Waals surface area contributed by atoms with Crippen molar-refractivity contribution in [3.8, 4) is 0 Å². The minimum absolute atomic E-state index is 0.791. The molecule has 70 valence electrons. The highest BCUT2D eigenvalue weighted by Gasteiger charge is 2.27. The molecule has 0 spiro atoms. The largest absolute Gasteiger partial charge is 0.311 e. The van der Waals surface area contributed by atoms with Gasteiger partial charge in [-0.25, -0.2) is 0 Å². The summed E-state index contributed by atoms with van der Waals surface area (Å²) in [7, 11) is 0. The smallest absolute Gasteiger partial charge is 0.0658 e. The lowest BCUT2D eigenvalue weighted by atomic mass is 10.3. The molecular formula is C10H15N3. The highest BCUT2D eigenvalue weighted by Crippen LogP contribution is 2.39. The Labute approximate surface area is 78.1 Å². The Morgan fingerprint density at radius 2 is 2.38 bits per heavy atom. The summed E-state index contributed by atoms with van der Waals surface area (Å²) in [5, 5.41) is 8.06. The number of hydrogen-bond acceptors (Lipinski definition) is 2. The molecular weight excluding hydrogens is 162 g/mol. The zero-order valence-corrected chi connectivity index (χ0v) is 7.79. The summed E-state index contributed by atoms with van der Waals surface area (Å²) in [6, 6.07) is 2.29. The number of nitrogens with zero attached hydrogens (tertiary/aromatic N) is 2. The Morgan fingerprint density at radius 1 is 1.46 bits per heavy atom. The molecule has 3 nitrogen and oxygen atoms in total. The molecule has 0 amide bonds. The van der Waals surface area contributed by atoms with Gasteiger partial charge in [-0.1, -0.05) is 0 Å². The van der Waals surface area contributed by atoms with Gasteiger partial charge in [0.05, 0.1) is 11.4 Å². The quantitative estimate of drug-likeness (QED) is 0.699. The Hall–Kier alpha value is -0.830. The van der Waals surface area contributed by atoms with E-state index in [1.54, 1.807) is 0 Å². The molecule has 1 fully saturated rings. The summed E-state index contributed by atoms with van der Waals surface area (Å²) in [6.07, 6.45) is 3.91. The normalized spacial score (nSPS) is 22.5. The first-order valence-electron chi connectivity index (χ1n) is 5.21. The maximum Gasteiger partial charge on any atom is 0.0658 e. The van der Waals surface area contributed by atoms with Crippen LogP contribution >= 0.6 is 0 Å². The number of fused-ring (bicyclic) bond motifs is 1. The van der Waals surface area contributed by atoms with Gasteiger partial charge >= 0.3 is 0 Å². The zero-order chi connectivity index (χ0) is 8.67. The molecule has 13 heavy (non-hydrogen) atoms. The molecule has 0 saturated heterocycles. The molecule has 2 heterocycles. The summed E-state index contributed by atoms with van der Waals surface area (Å²) in [5.41, 5.74) is 2.71. The molecule has 1 aromatic rings. The Bertz CT molecular complexity index is 288. The van der Waals surface area contributed by atoms with Gasteiger partial charge in [0.15, 0.2) is 0 Å². The molecule has 0 radical (unpaired) electrons. The third-order valence-corrected chi connectivity index (χ3v) is 2.91. The molecule has 0 atom stereocenters. The summed E-state index contributed by atoms with van der Waals surface area (Å²) >= 11 is 0. The van der Waals surface area contributed by atoms with E-state index >= 15 is 0 Å². The number of rotatable bonds is 1. The van der Waals surface area contributed by atoms with Crippen LogP contribution in [0.1, 0.15) is 36.6 Å². The summed E-state index contributed by atoms with van der Waals surface area (Å²) in [6.45, 7) is 3.22. The van der Waals surface area contributed by atoms with Crippen LogP contribution in [-0.4, -0.2) is 16.3 Å². The third kappa shape index (κ3) is 1.37. The van der Waals surface area contributed by atoms with Crippen LogP contribution in [0.25, 0.3) is 0 Å². The SMILES string of the molecule is c1c(C2CC2)nn2c1CNCCC2. The van der Waals surface area contributed by atoms with E-state index in [1.807, 2.05) is 0 Å². The van der Waals surface area contributed by atoms with Crippen LogP contribution in [0.4, 0.5) is 0 Å². The standard InChI is InChI=1S/C10H15N3/c1-4-11-7-9-6-10(8-2-3-8)12-13(9)5-1/h6,8,11H,1-5,7H2. The molecule has 0 aromatic carbocycles. The van der Waals surface area contributed by atoms with Gasteiger partial charge in [-0.05, 0) is 31.9 Å². The minimum atomic E-state index is 0.791. The molecule has 3 heteroatoms. The molecule has 1 aliphatic heterocycles. The van der Waals surface area contributed by atoms with Crippen molar-refractivity contribution in [2.75, 3.05) is 6.54 Å². The highest BCUT2D eigenvalue weighted by atomic mass is 15.3. The fourth-order valence-corrected chi connectivity index (χ4v) is 1.96. The maximum absolute atomic E-state index is 4.65. The lowest BCUT2D eigenvalue weighted by molar-refractivity contribution is 0.580. The Kier molecular flexibility index (Phi) is 1.65. The fraction of sp³-hybridized carbons (Fsp3) is 0.700. The number of hydrogen-bond donors (Lipinski definition) is 1. The van der Waals surface area contributed by atoms with Gasteiger partial charge in [0, 0.05) is 19.0 Å². The lowest BCUT2D eigenvalue weighted by Crippen LogP contribution is -2.11. The van der Waals surface area contributed by atoms with Gasteiger partial charge in [0.2, 0.25) is 0 Å². The van der Waals surface area contributed by atoms with E-state index in [2.05, 4.69) is 21.2 Å². The zero-order valence-electron chi connectivity index (χ0n) is 7.79. The van der Waals surface area contributed by atoms with Crippen molar-refractivity contribution < 1.29 is 0 Å². The number of aryl methyl sites for hydroxylation is 1. The van der Waals surface area contributed by atoms with Crippen molar-refractivity contribution in [1.82, 2.24) is 15.1 Å². The predicted octanol–water partition coefficient (Wildman–Crippen LogP) is 1.25. The van der Waals surface area contributed by atoms with Crippen LogP contribution in [0, 0.1) is 0 Å². The molecule has 1 aromatic heterocycles. The van der Waals surface area contributed by atoms with Gasteiger partial charge in [-0.3, -0.25) is 4.68 Å². The maximum atomic E-state index is 4.65. The Balaban J connectivity index is 1.92. The molecule has 0 unspecified atom stereocenters. The Morgan fingerprint density at radius 3 is 3.23 bits per heavy atom. The second-order valence-electron chi connectivity index (χ2n) is 4.09. The molecule has 1 aliphatic carbocycles. The lowest BCUT2D eigenvalue weighted by Gasteiger charge is -1.98. The van der Waals surface area contributed by atoms with Crippen LogP contribution in [0.3, 0.4) is 0 Å². The molecule has 1 saturated carbocycles. The van der Waals surface area contributed by atoms with E-state index in [4.69, 9.17) is 0 Å². The van der Waals surface area contributed by atoms with Crippen LogP contribution < -0.4 is 5.32 Å². The molecule has 2 aliphatic rings. The molecule has 1 N–H and O–H groups in total. The number of aromatic nitrogens is 2. The minimum Gasteiger partial charge on any atom is -0.311 e. The van der Waals surface area contributed by atoms with Crippen molar-refractivity contribution in [3.05, 3.63) is 17.5 Å². The summed E-state index contributed by atoms with van der Waals surface area (Å²) < 4.78 is 2.19. The average Bonchev–Trinajstić information content (AvgIpc) is 2.93. The first-order valence-corrected chi connectivity index (χ1v) is 5.21. The first kappa shape index (κ1) is 7.56. The molecule has 3 rings (SSSR count). The summed E-state index contributed by atoms with van der Waals surface area (Å²) in [4.78, 5) is 0. The van der Waals surface area contributed by atoms with Crippen molar-refractivity contribution in [3.63, 3.8) is 0 Å². The van der Waals surface area contributed by atoms with E-state index < -0.39 is 0 Å². The van der Waals surface area contributed by atoms with Crippen molar-refractivity contribution in [1.29, 1.82) is 0 Å². The van der Waals surface area contributed by atoms with Gasteiger partial charge in [0.25, 0.3) is 0 Å². The van der Waals surface area contributed by atoms with E-state index in [1.165, 1.54) is 30.7 Å². The number of nitrogens with one attached hydrogen (secondary N) is 1. The van der Waals surface area contributed by atoms with Crippen LogP contribution in [-0.2, 0) is 13.1 Å². The topological polar surface area (TPSA) is 29.9 Å². The average molecular weight is 177 g/mol. The fourth-order valence-electron chi connectivity index (χ4n) is 1.96. The van der Waals surface area contributed by atoms with Crippen molar-refractivity contribution in [2.45, 2.75) is 38.3 Å². The van der Waals surface area contributed by atoms with Crippen molar-refractivity contribution >= 4 is 0 Å². The van der Waals surface area contributed by atoms with Crippen LogP contribution in [0.15, 0.2) is 6.07 Å². The van der Waals surface area contributed by atoms with Gasteiger partial charge < -0.3 is 5.32 Å². The van der Waals surface area contributed by atoms with Crippen LogP contribution in [0.2, 0.25) is 0 Å². The van der Waals surface area contributed by atoms with Gasteiger partial charge in [-0.15, -0.1) is 0 Å². The van der Waals surface area contributed by atoms with E-state index in [0.29, 0.717) is 0 Å². The van der Waals surface area contributed by atoms with E-state index in [-0.39, 0.29) is 0 Å². The first-order chi connectivity index (χ1) is 6.43. The van der Waals surface area contributed by atoms with Crippen LogP contribution in [0.5, 0.6) is 0 Å². The monoisotopic (exact) mass is 177 g/mol. The second-order valence-corrected chi connectivity index (χ2v) is 4.09. The van der Waals surface area contributed by atoms with Crippen molar-refractivity contribution in [2.24, 2.45) is 0 Å². The second kappa shape index (κ2) is 2.84. The predicted molar refractivity (Wildman–Crippen MR) is 50.5 cm³/mol. The highest BCUT2D eigenvalue weighted by molar-refractivity contribution is 5.19. The van der Waals surface area contributed by atoms with E-state index in [0.717, 1.165) is 25.6 Å².